The van der Waals surface area contributed by atoms with E-state index in [1.54, 1.807) is 7.11 Å². The second kappa shape index (κ2) is 6.14. The van der Waals surface area contributed by atoms with Gasteiger partial charge in [-0.1, -0.05) is 38.4 Å². The number of rotatable bonds is 3. The minimum atomic E-state index is -0.0335. The normalized spacial score (nSPS) is 11.9. The van der Waals surface area contributed by atoms with Crippen LogP contribution in [-0.4, -0.2) is 16.5 Å². The molecule has 0 N–H and O–H groups in total. The standard InChI is InChI=1S/C20H23ClN2O/c1-13-10-16(24-5)8-6-14(13)11-17-19(20(2,3)4)22-18-9-7-15(21)12-23(17)18/h6-10,12H,11H2,1-5H3. The maximum atomic E-state index is 6.22. The van der Waals surface area contributed by atoms with Crippen molar-refractivity contribution in [2.24, 2.45) is 0 Å². The summed E-state index contributed by atoms with van der Waals surface area (Å²) in [6.07, 6.45) is 2.76. The van der Waals surface area contributed by atoms with Gasteiger partial charge in [-0.3, -0.25) is 0 Å². The molecule has 0 saturated carbocycles. The molecule has 0 fully saturated rings. The minimum absolute atomic E-state index is 0.0335. The fraction of sp³-hybridized carbons (Fsp3) is 0.350. The van der Waals surface area contributed by atoms with Crippen molar-refractivity contribution in [1.29, 1.82) is 0 Å². The van der Waals surface area contributed by atoms with E-state index < -0.39 is 0 Å². The molecule has 1 aromatic carbocycles. The van der Waals surface area contributed by atoms with E-state index in [1.807, 2.05) is 24.4 Å². The number of methoxy groups -OCH3 is 1. The van der Waals surface area contributed by atoms with Gasteiger partial charge in [-0.05, 0) is 42.3 Å². The summed E-state index contributed by atoms with van der Waals surface area (Å²) in [5.41, 5.74) is 5.68. The first kappa shape index (κ1) is 16.8. The van der Waals surface area contributed by atoms with Crippen LogP contribution in [-0.2, 0) is 11.8 Å². The predicted octanol–water partition coefficient (Wildman–Crippen LogP) is 5.19. The summed E-state index contributed by atoms with van der Waals surface area (Å²) in [5.74, 6) is 0.883. The number of aryl methyl sites for hydroxylation is 1. The summed E-state index contributed by atoms with van der Waals surface area (Å²) in [6.45, 7) is 8.70. The van der Waals surface area contributed by atoms with Gasteiger partial charge in [0.05, 0.1) is 23.5 Å². The minimum Gasteiger partial charge on any atom is -0.497 e. The van der Waals surface area contributed by atoms with E-state index in [4.69, 9.17) is 21.3 Å². The number of ether oxygens (including phenoxy) is 1. The van der Waals surface area contributed by atoms with Crippen molar-refractivity contribution in [3.05, 3.63) is 64.1 Å². The SMILES string of the molecule is COc1ccc(Cc2c(C(C)(C)C)nc3ccc(Cl)cn23)c(C)c1. The second-order valence-electron chi connectivity index (χ2n) is 7.20. The molecule has 0 saturated heterocycles. The number of hydrogen-bond acceptors (Lipinski definition) is 2. The molecule has 3 rings (SSSR count). The van der Waals surface area contributed by atoms with Crippen LogP contribution in [0.1, 0.15) is 43.3 Å². The Morgan fingerprint density at radius 3 is 2.54 bits per heavy atom. The Morgan fingerprint density at radius 1 is 1.17 bits per heavy atom. The lowest BCUT2D eigenvalue weighted by Crippen LogP contribution is -2.15. The Kier molecular flexibility index (Phi) is 4.31. The zero-order valence-electron chi connectivity index (χ0n) is 14.9. The quantitative estimate of drug-likeness (QED) is 0.654. The number of benzene rings is 1. The molecule has 0 aliphatic heterocycles. The maximum absolute atomic E-state index is 6.22. The average Bonchev–Trinajstić information content (AvgIpc) is 2.87. The van der Waals surface area contributed by atoms with Gasteiger partial charge in [-0.15, -0.1) is 0 Å². The Hall–Kier alpha value is -2.00. The smallest absolute Gasteiger partial charge is 0.137 e. The van der Waals surface area contributed by atoms with E-state index in [0.29, 0.717) is 5.02 Å². The molecule has 0 radical (unpaired) electrons. The second-order valence-corrected chi connectivity index (χ2v) is 7.64. The fourth-order valence-electron chi connectivity index (χ4n) is 3.01. The zero-order valence-corrected chi connectivity index (χ0v) is 15.6. The van der Waals surface area contributed by atoms with Crippen LogP contribution in [0.5, 0.6) is 5.75 Å². The molecular weight excluding hydrogens is 320 g/mol. The van der Waals surface area contributed by atoms with Crippen molar-refractivity contribution >= 4 is 17.2 Å². The van der Waals surface area contributed by atoms with Gasteiger partial charge in [-0.2, -0.15) is 0 Å². The van der Waals surface area contributed by atoms with Crippen LogP contribution in [0.3, 0.4) is 0 Å². The number of imidazole rings is 1. The van der Waals surface area contributed by atoms with Crippen molar-refractivity contribution < 1.29 is 4.74 Å². The zero-order chi connectivity index (χ0) is 17.5. The van der Waals surface area contributed by atoms with E-state index in [-0.39, 0.29) is 5.41 Å². The van der Waals surface area contributed by atoms with Gasteiger partial charge < -0.3 is 9.14 Å². The molecule has 0 unspecified atom stereocenters. The van der Waals surface area contributed by atoms with Crippen LogP contribution < -0.4 is 4.74 Å². The highest BCUT2D eigenvalue weighted by Gasteiger charge is 2.24. The first-order valence-electron chi connectivity index (χ1n) is 8.10. The van der Waals surface area contributed by atoms with Gasteiger partial charge in [0.25, 0.3) is 0 Å². The highest BCUT2D eigenvalue weighted by molar-refractivity contribution is 6.30. The lowest BCUT2D eigenvalue weighted by Gasteiger charge is -2.18. The number of halogens is 1. The average molecular weight is 343 g/mol. The van der Waals surface area contributed by atoms with Crippen LogP contribution in [0.4, 0.5) is 0 Å². The lowest BCUT2D eigenvalue weighted by atomic mass is 9.88. The third kappa shape index (κ3) is 3.13. The van der Waals surface area contributed by atoms with Gasteiger partial charge in [0, 0.05) is 18.0 Å². The monoisotopic (exact) mass is 342 g/mol. The summed E-state index contributed by atoms with van der Waals surface area (Å²) in [6, 6.07) is 10.1. The third-order valence-electron chi connectivity index (χ3n) is 4.30. The summed E-state index contributed by atoms with van der Waals surface area (Å²) in [4.78, 5) is 4.86. The van der Waals surface area contributed by atoms with Crippen molar-refractivity contribution in [2.75, 3.05) is 7.11 Å². The molecule has 3 aromatic rings. The van der Waals surface area contributed by atoms with E-state index >= 15 is 0 Å². The van der Waals surface area contributed by atoms with Crippen LogP contribution in [0, 0.1) is 6.92 Å². The summed E-state index contributed by atoms with van der Waals surface area (Å²) >= 11 is 6.22. The molecule has 0 atom stereocenters. The first-order valence-corrected chi connectivity index (χ1v) is 8.48. The molecule has 0 aliphatic carbocycles. The first-order chi connectivity index (χ1) is 11.3. The molecule has 0 aliphatic rings. The molecule has 0 bridgehead atoms. The molecule has 0 amide bonds. The maximum Gasteiger partial charge on any atom is 0.137 e. The van der Waals surface area contributed by atoms with Gasteiger partial charge in [0.2, 0.25) is 0 Å². The van der Waals surface area contributed by atoms with Gasteiger partial charge in [0.15, 0.2) is 0 Å². The van der Waals surface area contributed by atoms with Crippen LogP contribution in [0.15, 0.2) is 36.5 Å². The molecule has 4 heteroatoms. The topological polar surface area (TPSA) is 26.5 Å². The summed E-state index contributed by atoms with van der Waals surface area (Å²) in [7, 11) is 1.69. The van der Waals surface area contributed by atoms with E-state index in [1.165, 1.54) is 16.8 Å². The fourth-order valence-corrected chi connectivity index (χ4v) is 3.17. The highest BCUT2D eigenvalue weighted by atomic mass is 35.5. The molecule has 24 heavy (non-hydrogen) atoms. The van der Waals surface area contributed by atoms with Crippen molar-refractivity contribution in [3.8, 4) is 5.75 Å². The van der Waals surface area contributed by atoms with Gasteiger partial charge in [-0.25, -0.2) is 4.98 Å². The Balaban J connectivity index is 2.15. The van der Waals surface area contributed by atoms with Crippen LogP contribution in [0.25, 0.3) is 5.65 Å². The predicted molar refractivity (Wildman–Crippen MR) is 99.4 cm³/mol. The van der Waals surface area contributed by atoms with Crippen molar-refractivity contribution in [1.82, 2.24) is 9.38 Å². The summed E-state index contributed by atoms with van der Waals surface area (Å²) in [5, 5.41) is 0.716. The number of nitrogens with zero attached hydrogens (tertiary/aromatic N) is 2. The van der Waals surface area contributed by atoms with Crippen LogP contribution in [0.2, 0.25) is 5.02 Å². The molecule has 126 valence electrons. The molecule has 2 aromatic heterocycles. The van der Waals surface area contributed by atoms with Crippen molar-refractivity contribution in [2.45, 2.75) is 39.5 Å². The summed E-state index contributed by atoms with van der Waals surface area (Å²) < 4.78 is 7.43. The number of aromatic nitrogens is 2. The molecule has 3 nitrogen and oxygen atoms in total. The van der Waals surface area contributed by atoms with Gasteiger partial charge >= 0.3 is 0 Å². The number of pyridine rings is 1. The largest absolute Gasteiger partial charge is 0.497 e. The van der Waals surface area contributed by atoms with E-state index in [2.05, 4.69) is 44.2 Å². The van der Waals surface area contributed by atoms with E-state index in [0.717, 1.165) is 23.5 Å². The highest BCUT2D eigenvalue weighted by Crippen LogP contribution is 2.30. The Bertz CT molecular complexity index is 891. The lowest BCUT2D eigenvalue weighted by molar-refractivity contribution is 0.414. The Labute approximate surface area is 148 Å². The molecular formula is C20H23ClN2O. The van der Waals surface area contributed by atoms with Gasteiger partial charge in [0.1, 0.15) is 11.4 Å². The van der Waals surface area contributed by atoms with E-state index in [9.17, 15) is 0 Å². The third-order valence-corrected chi connectivity index (χ3v) is 4.52. The van der Waals surface area contributed by atoms with Crippen LogP contribution >= 0.6 is 11.6 Å². The van der Waals surface area contributed by atoms with Crippen molar-refractivity contribution in [3.63, 3.8) is 0 Å². The Morgan fingerprint density at radius 2 is 1.92 bits per heavy atom. The molecule has 0 spiro atoms. The molecule has 2 heterocycles. The number of fused-ring (bicyclic) bond motifs is 1. The number of hydrogen-bond donors (Lipinski definition) is 0.